The lowest BCUT2D eigenvalue weighted by molar-refractivity contribution is -0.0761. The van der Waals surface area contributed by atoms with Gasteiger partial charge in [-0.15, -0.1) is 0 Å². The van der Waals surface area contributed by atoms with E-state index in [1.807, 2.05) is 13.8 Å². The van der Waals surface area contributed by atoms with Crippen LogP contribution in [-0.2, 0) is 0 Å². The first kappa shape index (κ1) is 22.8. The van der Waals surface area contributed by atoms with Crippen LogP contribution in [-0.4, -0.2) is 21.4 Å². The molecule has 8 atom stereocenters. The molecule has 4 aliphatic carbocycles. The molecule has 0 bridgehead atoms. The molecular weight excluding hydrogens is 368 g/mol. The first-order valence-electron chi connectivity index (χ1n) is 13.1. The van der Waals surface area contributed by atoms with Crippen molar-refractivity contribution in [1.82, 2.24) is 0 Å². The maximum atomic E-state index is 11.0. The molecule has 3 fully saturated rings. The van der Waals surface area contributed by atoms with Crippen LogP contribution in [0.5, 0.6) is 0 Å². The van der Waals surface area contributed by atoms with Crippen LogP contribution in [0.3, 0.4) is 0 Å². The second-order valence-electron chi connectivity index (χ2n) is 13.1. The van der Waals surface area contributed by atoms with Crippen molar-refractivity contribution in [3.8, 4) is 0 Å². The minimum atomic E-state index is -0.536. The van der Waals surface area contributed by atoms with E-state index in [9.17, 15) is 10.2 Å². The summed E-state index contributed by atoms with van der Waals surface area (Å²) in [5, 5.41) is 21.2. The lowest BCUT2D eigenvalue weighted by Gasteiger charge is -2.59. The zero-order valence-corrected chi connectivity index (χ0v) is 20.6. The highest BCUT2D eigenvalue weighted by Gasteiger charge is 2.59. The van der Waals surface area contributed by atoms with E-state index in [1.54, 1.807) is 5.57 Å². The third-order valence-corrected chi connectivity index (χ3v) is 10.9. The fourth-order valence-electron chi connectivity index (χ4n) is 8.77. The van der Waals surface area contributed by atoms with Gasteiger partial charge in [-0.3, -0.25) is 0 Å². The van der Waals surface area contributed by atoms with E-state index in [-0.39, 0.29) is 0 Å². The molecule has 4 aliphatic rings. The van der Waals surface area contributed by atoms with Gasteiger partial charge in [-0.25, -0.2) is 0 Å². The Hall–Kier alpha value is -0.340. The number of hydrogen-bond acceptors (Lipinski definition) is 2. The summed E-state index contributed by atoms with van der Waals surface area (Å²) in [5.74, 6) is 4.06. The van der Waals surface area contributed by atoms with Crippen LogP contribution in [0.4, 0.5) is 0 Å². The molecule has 0 aromatic rings. The summed E-state index contributed by atoms with van der Waals surface area (Å²) in [5.41, 5.74) is 1.42. The topological polar surface area (TPSA) is 40.5 Å². The van der Waals surface area contributed by atoms with E-state index in [4.69, 9.17) is 0 Å². The standard InChI is InChI=1S/C28H48O2/c1-7-28(30)17-16-26(5)20(18-28)8-9-21-23-11-10-22(19(2)12-14-25(3,4)29)27(23,6)15-13-24(21)26/h8,19,21-24,29-30H,7,9-18H2,1-6H3/t19-,21+,22-,23+,24+,26+,27-,28-/m1/s1. The predicted molar refractivity (Wildman–Crippen MR) is 125 cm³/mol. The van der Waals surface area contributed by atoms with Crippen LogP contribution in [0.25, 0.3) is 0 Å². The summed E-state index contributed by atoms with van der Waals surface area (Å²) in [6, 6.07) is 0. The van der Waals surface area contributed by atoms with Gasteiger partial charge in [0.25, 0.3) is 0 Å². The predicted octanol–water partition coefficient (Wildman–Crippen LogP) is 6.89. The summed E-state index contributed by atoms with van der Waals surface area (Å²) in [6.45, 7) is 13.7. The third kappa shape index (κ3) is 3.72. The van der Waals surface area contributed by atoms with Gasteiger partial charge in [-0.05, 0) is 125 Å². The number of allylic oxidation sites excluding steroid dienone is 1. The monoisotopic (exact) mass is 416 g/mol. The van der Waals surface area contributed by atoms with Gasteiger partial charge in [0.15, 0.2) is 0 Å². The van der Waals surface area contributed by atoms with Crippen molar-refractivity contribution in [3.05, 3.63) is 11.6 Å². The van der Waals surface area contributed by atoms with Crippen LogP contribution < -0.4 is 0 Å². The van der Waals surface area contributed by atoms with Gasteiger partial charge in [0.1, 0.15) is 0 Å². The number of rotatable bonds is 5. The molecular formula is C28H48O2. The quantitative estimate of drug-likeness (QED) is 0.479. The van der Waals surface area contributed by atoms with E-state index < -0.39 is 11.2 Å². The molecule has 2 N–H and O–H groups in total. The van der Waals surface area contributed by atoms with Gasteiger partial charge < -0.3 is 10.2 Å². The molecule has 0 spiro atoms. The molecule has 0 aromatic heterocycles. The smallest absolute Gasteiger partial charge is 0.0682 e. The third-order valence-electron chi connectivity index (χ3n) is 10.9. The van der Waals surface area contributed by atoms with Crippen LogP contribution in [0, 0.1) is 40.4 Å². The fourth-order valence-corrected chi connectivity index (χ4v) is 8.77. The van der Waals surface area contributed by atoms with Crippen LogP contribution >= 0.6 is 0 Å². The average Bonchev–Trinajstić information content (AvgIpc) is 3.03. The minimum Gasteiger partial charge on any atom is -0.390 e. The van der Waals surface area contributed by atoms with Crippen molar-refractivity contribution >= 4 is 0 Å². The Labute approximate surface area is 185 Å². The van der Waals surface area contributed by atoms with Crippen LogP contribution in [0.15, 0.2) is 11.6 Å². The van der Waals surface area contributed by atoms with Crippen molar-refractivity contribution in [2.75, 3.05) is 0 Å². The second kappa shape index (κ2) is 7.62. The molecule has 172 valence electrons. The van der Waals surface area contributed by atoms with E-state index >= 15 is 0 Å². The SMILES string of the molecule is CC[C@@]1(O)CC[C@@]2(C)C(=CC[C@H]3[C@@H]4CC[C@H]([C@H](C)CCC(C)(C)O)[C@@]4(C)CC[C@@H]32)C1. The molecule has 0 amide bonds. The molecule has 0 heterocycles. The maximum Gasteiger partial charge on any atom is 0.0682 e. The Morgan fingerprint density at radius 2 is 1.83 bits per heavy atom. The van der Waals surface area contributed by atoms with Crippen molar-refractivity contribution in [2.24, 2.45) is 40.4 Å². The van der Waals surface area contributed by atoms with Crippen molar-refractivity contribution in [3.63, 3.8) is 0 Å². The highest BCUT2D eigenvalue weighted by Crippen LogP contribution is 2.67. The van der Waals surface area contributed by atoms with E-state index in [1.165, 1.54) is 38.5 Å². The normalized spacial score (nSPS) is 47.1. The molecule has 30 heavy (non-hydrogen) atoms. The van der Waals surface area contributed by atoms with Gasteiger partial charge in [-0.1, -0.05) is 39.3 Å². The number of fused-ring (bicyclic) bond motifs is 5. The van der Waals surface area contributed by atoms with E-state index in [0.717, 1.165) is 55.8 Å². The second-order valence-corrected chi connectivity index (χ2v) is 13.1. The highest BCUT2D eigenvalue weighted by atomic mass is 16.3. The molecule has 0 radical (unpaired) electrons. The number of hydrogen-bond donors (Lipinski definition) is 2. The van der Waals surface area contributed by atoms with Crippen molar-refractivity contribution in [1.29, 1.82) is 0 Å². The van der Waals surface area contributed by atoms with Crippen molar-refractivity contribution < 1.29 is 10.2 Å². The zero-order valence-electron chi connectivity index (χ0n) is 20.6. The Kier molecular flexibility index (Phi) is 5.80. The Morgan fingerprint density at radius 3 is 2.50 bits per heavy atom. The van der Waals surface area contributed by atoms with E-state index in [0.29, 0.717) is 16.7 Å². The van der Waals surface area contributed by atoms with Crippen molar-refractivity contribution in [2.45, 2.75) is 123 Å². The van der Waals surface area contributed by atoms with E-state index in [2.05, 4.69) is 33.8 Å². The van der Waals surface area contributed by atoms with Gasteiger partial charge in [0.2, 0.25) is 0 Å². The summed E-state index contributed by atoms with van der Waals surface area (Å²) in [4.78, 5) is 0. The number of aliphatic hydroxyl groups is 2. The zero-order chi connectivity index (χ0) is 21.9. The molecule has 0 saturated heterocycles. The average molecular weight is 417 g/mol. The molecule has 4 rings (SSSR count). The first-order valence-corrected chi connectivity index (χ1v) is 13.1. The van der Waals surface area contributed by atoms with Gasteiger partial charge in [-0.2, -0.15) is 0 Å². The maximum absolute atomic E-state index is 11.0. The molecule has 0 unspecified atom stereocenters. The lowest BCUT2D eigenvalue weighted by atomic mass is 9.46. The highest BCUT2D eigenvalue weighted by molar-refractivity contribution is 5.27. The molecule has 0 aromatic carbocycles. The minimum absolute atomic E-state index is 0.330. The van der Waals surface area contributed by atoms with Gasteiger partial charge in [0.05, 0.1) is 11.2 Å². The molecule has 2 nitrogen and oxygen atoms in total. The largest absolute Gasteiger partial charge is 0.390 e. The summed E-state index contributed by atoms with van der Waals surface area (Å²) < 4.78 is 0. The van der Waals surface area contributed by atoms with Gasteiger partial charge >= 0.3 is 0 Å². The molecule has 3 saturated carbocycles. The lowest BCUT2D eigenvalue weighted by Crippen LogP contribution is -2.52. The molecule has 2 heteroatoms. The summed E-state index contributed by atoms with van der Waals surface area (Å²) >= 11 is 0. The van der Waals surface area contributed by atoms with Gasteiger partial charge in [0, 0.05) is 0 Å². The first-order chi connectivity index (χ1) is 13.9. The van der Waals surface area contributed by atoms with Crippen LogP contribution in [0.2, 0.25) is 0 Å². The Bertz CT molecular complexity index is 675. The fraction of sp³-hybridized carbons (Fsp3) is 0.929. The molecule has 0 aliphatic heterocycles. The Morgan fingerprint density at radius 1 is 1.10 bits per heavy atom. The Balaban J connectivity index is 1.52. The summed E-state index contributed by atoms with van der Waals surface area (Å²) in [6.07, 6.45) is 15.4. The van der Waals surface area contributed by atoms with Crippen LogP contribution in [0.1, 0.15) is 112 Å². The summed E-state index contributed by atoms with van der Waals surface area (Å²) in [7, 11) is 0.